The first-order valence-corrected chi connectivity index (χ1v) is 8.11. The van der Waals surface area contributed by atoms with E-state index < -0.39 is 16.1 Å². The summed E-state index contributed by atoms with van der Waals surface area (Å²) in [6.07, 6.45) is 4.37. The second-order valence-electron chi connectivity index (χ2n) is 4.98. The Kier molecular flexibility index (Phi) is 5.88. The minimum Gasteiger partial charge on any atom is -0.387 e. The number of β-amino-alcohol motifs (C(OH)–C–C–N with tert-alkyl or cyclic N) is 1. The Labute approximate surface area is 131 Å². The zero-order valence-electron chi connectivity index (χ0n) is 11.9. The summed E-state index contributed by atoms with van der Waals surface area (Å²) in [6, 6.07) is 6.74. The molecular formula is C13H20ClN3O3S. The Bertz CT molecular complexity index is 589. The summed E-state index contributed by atoms with van der Waals surface area (Å²) in [7, 11) is -1.30. The molecule has 0 aromatic heterocycles. The lowest BCUT2D eigenvalue weighted by Crippen LogP contribution is -2.26. The molecule has 0 aliphatic carbocycles. The van der Waals surface area contributed by atoms with Gasteiger partial charge in [-0.15, -0.1) is 12.4 Å². The van der Waals surface area contributed by atoms with Gasteiger partial charge in [-0.25, -0.2) is 8.42 Å². The number of benzene rings is 1. The zero-order chi connectivity index (χ0) is 14.8. The largest absolute Gasteiger partial charge is 0.387 e. The molecule has 0 amide bonds. The minimum atomic E-state index is -3.27. The molecule has 118 valence electrons. The number of hydrogen-bond donors (Lipinski definition) is 2. The highest BCUT2D eigenvalue weighted by Crippen LogP contribution is 2.19. The molecule has 8 heteroatoms. The molecule has 0 saturated carbocycles. The Hall–Kier alpha value is -1.44. The molecule has 1 unspecified atom stereocenters. The fourth-order valence-corrected chi connectivity index (χ4v) is 2.59. The van der Waals surface area contributed by atoms with Crippen LogP contribution >= 0.6 is 12.4 Å². The van der Waals surface area contributed by atoms with Crippen LogP contribution in [0.25, 0.3) is 0 Å². The maximum atomic E-state index is 11.1. The van der Waals surface area contributed by atoms with Crippen LogP contribution in [0.1, 0.15) is 11.7 Å². The first-order valence-electron chi connectivity index (χ1n) is 6.22. The molecular weight excluding hydrogens is 314 g/mol. The monoisotopic (exact) mass is 333 g/mol. The van der Waals surface area contributed by atoms with E-state index >= 15 is 0 Å². The summed E-state index contributed by atoms with van der Waals surface area (Å²) in [6.45, 7) is 1.25. The van der Waals surface area contributed by atoms with Crippen molar-refractivity contribution in [3.8, 4) is 0 Å². The van der Waals surface area contributed by atoms with Gasteiger partial charge in [0.15, 0.2) is 0 Å². The van der Waals surface area contributed by atoms with Crippen molar-refractivity contribution in [3.05, 3.63) is 42.2 Å². The van der Waals surface area contributed by atoms with E-state index in [9.17, 15) is 13.5 Å². The third-order valence-electron chi connectivity index (χ3n) is 2.94. The van der Waals surface area contributed by atoms with Gasteiger partial charge < -0.3 is 14.9 Å². The van der Waals surface area contributed by atoms with Crippen molar-refractivity contribution in [2.24, 2.45) is 0 Å². The van der Waals surface area contributed by atoms with Crippen LogP contribution in [0, 0.1) is 0 Å². The van der Waals surface area contributed by atoms with Crippen LogP contribution in [-0.2, 0) is 10.0 Å². The van der Waals surface area contributed by atoms with E-state index in [1.165, 1.54) is 0 Å². The fraction of sp³-hybridized carbons (Fsp3) is 0.385. The Morgan fingerprint density at radius 1 is 1.29 bits per heavy atom. The van der Waals surface area contributed by atoms with Crippen LogP contribution in [-0.4, -0.2) is 49.8 Å². The Morgan fingerprint density at radius 3 is 2.38 bits per heavy atom. The van der Waals surface area contributed by atoms with E-state index in [1.54, 1.807) is 24.3 Å². The average molecular weight is 334 g/mol. The van der Waals surface area contributed by atoms with E-state index in [1.807, 2.05) is 29.2 Å². The molecule has 6 nitrogen and oxygen atoms in total. The summed E-state index contributed by atoms with van der Waals surface area (Å²) in [4.78, 5) is 4.03. The molecule has 1 heterocycles. The second kappa shape index (κ2) is 7.02. The maximum absolute atomic E-state index is 11.1. The van der Waals surface area contributed by atoms with Gasteiger partial charge in [-0.05, 0) is 17.7 Å². The van der Waals surface area contributed by atoms with E-state index in [2.05, 4.69) is 4.72 Å². The first kappa shape index (κ1) is 17.6. The molecule has 0 saturated heterocycles. The summed E-state index contributed by atoms with van der Waals surface area (Å²) in [5, 5.41) is 10.2. The standard InChI is InChI=1S/C13H19N3O3S.ClH/c1-15-7-8-16(10-15)9-13(17)11-3-5-12(6-4-11)14-20(2,18)19;/h3-8,13-14,17H,9-10H2,1-2H3;1H. The molecule has 2 rings (SSSR count). The van der Waals surface area contributed by atoms with Gasteiger partial charge in [0.2, 0.25) is 10.0 Å². The van der Waals surface area contributed by atoms with Gasteiger partial charge in [-0.3, -0.25) is 4.72 Å². The molecule has 1 aromatic carbocycles. The SMILES string of the molecule is CN1C=CN(CC(O)c2ccc(NS(C)(=O)=O)cc2)C1.Cl. The number of nitrogens with one attached hydrogen (secondary N) is 1. The fourth-order valence-electron chi connectivity index (χ4n) is 2.02. The Balaban J connectivity index is 0.00000220. The van der Waals surface area contributed by atoms with Crippen LogP contribution < -0.4 is 4.72 Å². The van der Waals surface area contributed by atoms with E-state index in [-0.39, 0.29) is 12.4 Å². The third-order valence-corrected chi connectivity index (χ3v) is 3.55. The lowest BCUT2D eigenvalue weighted by molar-refractivity contribution is 0.128. The maximum Gasteiger partial charge on any atom is 0.229 e. The highest BCUT2D eigenvalue weighted by molar-refractivity contribution is 7.92. The van der Waals surface area contributed by atoms with Crippen molar-refractivity contribution in [3.63, 3.8) is 0 Å². The molecule has 1 aliphatic heterocycles. The molecule has 1 aromatic rings. The highest BCUT2D eigenvalue weighted by Gasteiger charge is 2.15. The number of aliphatic hydroxyl groups excluding tert-OH is 1. The zero-order valence-corrected chi connectivity index (χ0v) is 13.6. The molecule has 0 fully saturated rings. The lowest BCUT2D eigenvalue weighted by atomic mass is 10.1. The summed E-state index contributed by atoms with van der Waals surface area (Å²) in [5.41, 5.74) is 1.25. The number of aliphatic hydroxyl groups is 1. The number of halogens is 1. The number of anilines is 1. The molecule has 0 bridgehead atoms. The highest BCUT2D eigenvalue weighted by atomic mass is 35.5. The second-order valence-corrected chi connectivity index (χ2v) is 6.73. The quantitative estimate of drug-likeness (QED) is 0.847. The van der Waals surface area contributed by atoms with Crippen LogP contribution in [0.2, 0.25) is 0 Å². The number of rotatable bonds is 5. The molecule has 1 aliphatic rings. The summed E-state index contributed by atoms with van der Waals surface area (Å²) in [5.74, 6) is 0. The van der Waals surface area contributed by atoms with Crippen LogP contribution in [0.15, 0.2) is 36.7 Å². The van der Waals surface area contributed by atoms with Crippen LogP contribution in [0.5, 0.6) is 0 Å². The molecule has 0 radical (unpaired) electrons. The third kappa shape index (κ3) is 5.45. The Morgan fingerprint density at radius 2 is 1.90 bits per heavy atom. The minimum absolute atomic E-state index is 0. The van der Waals surface area contributed by atoms with Gasteiger partial charge in [-0.2, -0.15) is 0 Å². The van der Waals surface area contributed by atoms with Gasteiger partial charge in [0, 0.05) is 31.7 Å². The van der Waals surface area contributed by atoms with Crippen LogP contribution in [0.3, 0.4) is 0 Å². The molecule has 0 spiro atoms. The average Bonchev–Trinajstić information content (AvgIpc) is 2.73. The van der Waals surface area contributed by atoms with Gasteiger partial charge in [0.1, 0.15) is 0 Å². The van der Waals surface area contributed by atoms with Gasteiger partial charge in [-0.1, -0.05) is 12.1 Å². The van der Waals surface area contributed by atoms with Gasteiger partial charge in [0.25, 0.3) is 0 Å². The van der Waals surface area contributed by atoms with Gasteiger partial charge >= 0.3 is 0 Å². The van der Waals surface area contributed by atoms with E-state index in [0.29, 0.717) is 12.2 Å². The molecule has 2 N–H and O–H groups in total. The predicted molar refractivity (Wildman–Crippen MR) is 85.6 cm³/mol. The lowest BCUT2D eigenvalue weighted by Gasteiger charge is -2.21. The number of nitrogens with zero attached hydrogens (tertiary/aromatic N) is 2. The first-order chi connectivity index (χ1) is 9.33. The van der Waals surface area contributed by atoms with Crippen molar-refractivity contribution in [1.82, 2.24) is 9.80 Å². The normalized spacial score (nSPS) is 15.8. The van der Waals surface area contributed by atoms with Crippen molar-refractivity contribution in [1.29, 1.82) is 0 Å². The molecule has 1 atom stereocenters. The van der Waals surface area contributed by atoms with E-state index in [4.69, 9.17) is 0 Å². The van der Waals surface area contributed by atoms with Gasteiger partial charge in [0.05, 0.1) is 19.0 Å². The summed E-state index contributed by atoms with van der Waals surface area (Å²) >= 11 is 0. The number of sulfonamides is 1. The molecule has 21 heavy (non-hydrogen) atoms. The smallest absolute Gasteiger partial charge is 0.229 e. The number of hydrogen-bond acceptors (Lipinski definition) is 5. The van der Waals surface area contributed by atoms with Crippen LogP contribution in [0.4, 0.5) is 5.69 Å². The van der Waals surface area contributed by atoms with Crippen molar-refractivity contribution in [2.45, 2.75) is 6.10 Å². The van der Waals surface area contributed by atoms with Crippen molar-refractivity contribution >= 4 is 28.1 Å². The predicted octanol–water partition coefficient (Wildman–Crippen LogP) is 1.19. The van der Waals surface area contributed by atoms with E-state index in [0.717, 1.165) is 18.5 Å². The van der Waals surface area contributed by atoms with Crippen molar-refractivity contribution in [2.75, 3.05) is 31.2 Å². The van der Waals surface area contributed by atoms with Crippen molar-refractivity contribution < 1.29 is 13.5 Å². The topological polar surface area (TPSA) is 72.9 Å². The summed E-state index contributed by atoms with van der Waals surface area (Å²) < 4.78 is 24.6.